The molecule has 3 saturated heterocycles. The predicted molar refractivity (Wildman–Crippen MR) is 109 cm³/mol. The van der Waals surface area contributed by atoms with E-state index in [2.05, 4.69) is 5.32 Å². The lowest BCUT2D eigenvalue weighted by molar-refractivity contribution is -0.229. The van der Waals surface area contributed by atoms with Gasteiger partial charge < -0.3 is 33.4 Å². The fraction of sp³-hybridized carbons (Fsp3) is 0.545. The van der Waals surface area contributed by atoms with E-state index < -0.39 is 65.6 Å². The summed E-state index contributed by atoms with van der Waals surface area (Å²) >= 11 is 0. The molecule has 1 unspecified atom stereocenters. The second-order valence-corrected chi connectivity index (χ2v) is 9.27. The number of amides is 1. The summed E-state index contributed by atoms with van der Waals surface area (Å²) in [7, 11) is 0. The van der Waals surface area contributed by atoms with Gasteiger partial charge in [0.05, 0.1) is 5.56 Å². The Balaban J connectivity index is 1.43. The highest BCUT2D eigenvalue weighted by Gasteiger charge is 2.62. The second kappa shape index (κ2) is 7.49. The summed E-state index contributed by atoms with van der Waals surface area (Å²) in [6.07, 6.45) is -8.92. The molecule has 4 heterocycles. The number of halogens is 3. The Kier molecular flexibility index (Phi) is 5.12. The minimum absolute atomic E-state index is 0.101. The van der Waals surface area contributed by atoms with E-state index in [1.165, 1.54) is 6.07 Å². The Morgan fingerprint density at radius 2 is 1.59 bits per heavy atom. The number of alkyl halides is 3. The lowest BCUT2D eigenvalue weighted by Gasteiger charge is -2.36. The normalized spacial score (nSPS) is 31.8. The van der Waals surface area contributed by atoms with E-state index in [4.69, 9.17) is 28.1 Å². The molecule has 5 rings (SSSR count). The van der Waals surface area contributed by atoms with Crippen molar-refractivity contribution in [1.82, 2.24) is 0 Å². The van der Waals surface area contributed by atoms with Crippen LogP contribution in [0, 0.1) is 0 Å². The van der Waals surface area contributed by atoms with Gasteiger partial charge in [-0.2, -0.15) is 13.2 Å². The first kappa shape index (κ1) is 23.2. The van der Waals surface area contributed by atoms with Gasteiger partial charge in [0.2, 0.25) is 0 Å². The number of carbonyl (C=O) groups excluding carboxylic acids is 1. The van der Waals surface area contributed by atoms with E-state index >= 15 is 0 Å². The van der Waals surface area contributed by atoms with Crippen LogP contribution in [0.15, 0.2) is 33.5 Å². The Morgan fingerprint density at radius 1 is 0.941 bits per heavy atom. The minimum atomic E-state index is -4.75. The smallest absolute Gasteiger partial charge is 0.417 e. The number of benzene rings is 1. The Morgan fingerprint density at radius 3 is 2.29 bits per heavy atom. The van der Waals surface area contributed by atoms with Gasteiger partial charge >= 0.3 is 11.8 Å². The largest absolute Gasteiger partial charge is 0.423 e. The van der Waals surface area contributed by atoms with Crippen molar-refractivity contribution in [1.29, 1.82) is 0 Å². The Hall–Kier alpha value is -2.51. The zero-order valence-electron chi connectivity index (χ0n) is 18.6. The minimum Gasteiger partial charge on any atom is -0.423 e. The molecule has 1 N–H and O–H groups in total. The van der Waals surface area contributed by atoms with E-state index in [1.54, 1.807) is 27.7 Å². The third-order valence-corrected chi connectivity index (χ3v) is 5.73. The van der Waals surface area contributed by atoms with Crippen LogP contribution in [-0.2, 0) is 34.7 Å². The van der Waals surface area contributed by atoms with Crippen LogP contribution in [-0.4, -0.2) is 48.2 Å². The number of fused-ring (bicyclic) bond motifs is 4. The molecule has 0 radical (unpaired) electrons. The maximum Gasteiger partial charge on any atom is 0.417 e. The first-order valence-electron chi connectivity index (χ1n) is 10.6. The SMILES string of the molecule is CC1(C)O[C@H]2OC(C(=O)Nc3ccc4c(C(F)(F)F)cc(=O)oc4c3)[C@@H]3OC(C)(C)O[C@@H]3[C@H]2O1. The van der Waals surface area contributed by atoms with Gasteiger partial charge in [-0.3, -0.25) is 4.79 Å². The molecule has 184 valence electrons. The fourth-order valence-electron chi connectivity index (χ4n) is 4.51. The highest BCUT2D eigenvalue weighted by Crippen LogP contribution is 2.44. The molecule has 3 aliphatic rings. The maximum absolute atomic E-state index is 13.3. The number of hydrogen-bond donors (Lipinski definition) is 1. The molecule has 12 heteroatoms. The van der Waals surface area contributed by atoms with E-state index in [1.807, 2.05) is 0 Å². The fourth-order valence-corrected chi connectivity index (χ4v) is 4.51. The van der Waals surface area contributed by atoms with Crippen molar-refractivity contribution in [2.24, 2.45) is 0 Å². The van der Waals surface area contributed by atoms with Crippen LogP contribution >= 0.6 is 0 Å². The predicted octanol–water partition coefficient (Wildman–Crippen LogP) is 3.15. The second-order valence-electron chi connectivity index (χ2n) is 9.27. The number of anilines is 1. The van der Waals surface area contributed by atoms with E-state index in [0.29, 0.717) is 6.07 Å². The molecule has 5 atom stereocenters. The van der Waals surface area contributed by atoms with Gasteiger partial charge in [0, 0.05) is 23.2 Å². The Labute approximate surface area is 191 Å². The quantitative estimate of drug-likeness (QED) is 0.647. The lowest BCUT2D eigenvalue weighted by Crippen LogP contribution is -2.58. The summed E-state index contributed by atoms with van der Waals surface area (Å²) in [5, 5.41) is 2.27. The summed E-state index contributed by atoms with van der Waals surface area (Å²) in [5.41, 5.74) is -2.51. The summed E-state index contributed by atoms with van der Waals surface area (Å²) in [5.74, 6) is -2.62. The van der Waals surface area contributed by atoms with Gasteiger partial charge in [0.25, 0.3) is 5.91 Å². The van der Waals surface area contributed by atoms with Gasteiger partial charge in [0.1, 0.15) is 23.9 Å². The molecule has 1 aromatic heterocycles. The van der Waals surface area contributed by atoms with Gasteiger partial charge in [0.15, 0.2) is 24.0 Å². The molecule has 0 aliphatic carbocycles. The molecule has 34 heavy (non-hydrogen) atoms. The van der Waals surface area contributed by atoms with Crippen molar-refractivity contribution < 1.29 is 46.1 Å². The topological polar surface area (TPSA) is 105 Å². The first-order valence-corrected chi connectivity index (χ1v) is 10.6. The maximum atomic E-state index is 13.3. The van der Waals surface area contributed by atoms with Crippen molar-refractivity contribution in [3.05, 3.63) is 40.2 Å². The van der Waals surface area contributed by atoms with E-state index in [9.17, 15) is 22.8 Å². The van der Waals surface area contributed by atoms with Gasteiger partial charge in [-0.15, -0.1) is 0 Å². The van der Waals surface area contributed by atoms with Crippen molar-refractivity contribution in [2.75, 3.05) is 5.32 Å². The number of carbonyl (C=O) groups is 1. The van der Waals surface area contributed by atoms with Crippen molar-refractivity contribution >= 4 is 22.6 Å². The van der Waals surface area contributed by atoms with Crippen molar-refractivity contribution in [2.45, 2.75) is 76.2 Å². The highest BCUT2D eigenvalue weighted by molar-refractivity contribution is 5.96. The zero-order chi connectivity index (χ0) is 24.6. The monoisotopic (exact) mass is 485 g/mol. The highest BCUT2D eigenvalue weighted by atomic mass is 19.4. The summed E-state index contributed by atoms with van der Waals surface area (Å²) < 4.78 is 74.2. The van der Waals surface area contributed by atoms with Crippen molar-refractivity contribution in [3.8, 4) is 0 Å². The van der Waals surface area contributed by atoms with Crippen molar-refractivity contribution in [3.63, 3.8) is 0 Å². The third kappa shape index (κ3) is 4.09. The number of rotatable bonds is 2. The average molecular weight is 485 g/mol. The molecular formula is C22H22F3NO8. The molecule has 0 bridgehead atoms. The molecular weight excluding hydrogens is 463 g/mol. The molecule has 0 spiro atoms. The van der Waals surface area contributed by atoms with Crippen LogP contribution in [0.1, 0.15) is 33.3 Å². The molecule has 9 nitrogen and oxygen atoms in total. The number of ether oxygens (including phenoxy) is 5. The van der Waals surface area contributed by atoms with Crippen LogP contribution in [0.4, 0.5) is 18.9 Å². The average Bonchev–Trinajstić information content (AvgIpc) is 3.19. The molecule has 0 saturated carbocycles. The first-order chi connectivity index (χ1) is 15.7. The summed E-state index contributed by atoms with van der Waals surface area (Å²) in [4.78, 5) is 24.8. The van der Waals surface area contributed by atoms with Crippen LogP contribution < -0.4 is 10.9 Å². The van der Waals surface area contributed by atoms with Crippen LogP contribution in [0.3, 0.4) is 0 Å². The van der Waals surface area contributed by atoms with Crippen LogP contribution in [0.5, 0.6) is 0 Å². The Bertz CT molecular complexity index is 1210. The molecule has 3 fully saturated rings. The molecule has 3 aliphatic heterocycles. The van der Waals surface area contributed by atoms with E-state index in [-0.39, 0.29) is 16.7 Å². The van der Waals surface area contributed by atoms with Gasteiger partial charge in [-0.05, 0) is 39.8 Å². The summed E-state index contributed by atoms with van der Waals surface area (Å²) in [6, 6.07) is 3.91. The molecule has 1 amide bonds. The number of hydrogen-bond acceptors (Lipinski definition) is 8. The van der Waals surface area contributed by atoms with Crippen LogP contribution in [0.2, 0.25) is 0 Å². The number of nitrogens with one attached hydrogen (secondary N) is 1. The molecule has 1 aromatic carbocycles. The molecule has 2 aromatic rings. The van der Waals surface area contributed by atoms with E-state index in [0.717, 1.165) is 12.1 Å². The standard InChI is InChI=1S/C22H22F3NO8/c1-20(2)31-14-15(32-20)17-19(34-21(3,4)33-17)30-16(14)18(28)26-9-5-6-10-11(22(23,24)25)8-13(27)29-12(10)7-9/h5-8,14-17,19H,1-4H3,(H,26,28)/t14-,15+,16?,17-,19-/m1/s1. The summed E-state index contributed by atoms with van der Waals surface area (Å²) in [6.45, 7) is 6.80. The third-order valence-electron chi connectivity index (χ3n) is 5.73. The lowest BCUT2D eigenvalue weighted by atomic mass is 9.98. The van der Waals surface area contributed by atoms with Gasteiger partial charge in [-0.1, -0.05) is 0 Å². The zero-order valence-corrected chi connectivity index (χ0v) is 18.6. The van der Waals surface area contributed by atoms with Crippen LogP contribution in [0.25, 0.3) is 11.0 Å². The van der Waals surface area contributed by atoms with Gasteiger partial charge in [-0.25, -0.2) is 4.79 Å².